The average molecular weight is 187 g/mol. The van der Waals surface area contributed by atoms with Crippen LogP contribution in [-0.4, -0.2) is 51.8 Å². The van der Waals surface area contributed by atoms with Crippen molar-refractivity contribution >= 4 is 9.84 Å². The molecule has 0 N–H and O–H groups in total. The smallest absolute Gasteiger partial charge is 0.338 e. The van der Waals surface area contributed by atoms with Crippen LogP contribution in [0.5, 0.6) is 0 Å². The van der Waals surface area contributed by atoms with E-state index in [0.29, 0.717) is 0 Å². The molecule has 1 atom stereocenters. The summed E-state index contributed by atoms with van der Waals surface area (Å²) in [5.74, 6) is 0. The number of hydrogen-bond acceptors (Lipinski definition) is 1. The van der Waals surface area contributed by atoms with Crippen LogP contribution in [0.2, 0.25) is 0 Å². The van der Waals surface area contributed by atoms with Gasteiger partial charge in [-0.25, -0.2) is 0 Å². The highest BCUT2D eigenvalue weighted by atomic mass is 28.2. The normalized spacial score (nSPS) is 33.2. The lowest BCUT2D eigenvalue weighted by Crippen LogP contribution is -2.45. The van der Waals surface area contributed by atoms with Crippen molar-refractivity contribution in [2.75, 3.05) is 33.2 Å². The van der Waals surface area contributed by atoms with Crippen LogP contribution in [0.25, 0.3) is 0 Å². The zero-order valence-corrected chi connectivity index (χ0v) is 10.3. The number of unbranched alkanes of at least 4 members (excludes halogenated alkanes) is 1. The molecule has 72 valence electrons. The summed E-state index contributed by atoms with van der Waals surface area (Å²) < 4.78 is 4.14. The molecule has 0 aromatic rings. The van der Waals surface area contributed by atoms with Gasteiger partial charge in [-0.2, -0.15) is 0 Å². The van der Waals surface area contributed by atoms with Gasteiger partial charge in [0.25, 0.3) is 0 Å². The Labute approximate surface area is 79.1 Å². The van der Waals surface area contributed by atoms with Gasteiger partial charge in [0.2, 0.25) is 0 Å². The molecule has 12 heavy (non-hydrogen) atoms. The third kappa shape index (κ3) is 2.57. The van der Waals surface area contributed by atoms with E-state index in [2.05, 4.69) is 25.5 Å². The minimum Gasteiger partial charge on any atom is -0.377 e. The second kappa shape index (κ2) is 4.39. The van der Waals surface area contributed by atoms with Gasteiger partial charge in [-0.3, -0.25) is 4.57 Å². The molecular weight excluding hydrogens is 164 g/mol. The zero-order chi connectivity index (χ0) is 9.03. The van der Waals surface area contributed by atoms with Gasteiger partial charge in [-0.1, -0.05) is 13.3 Å². The minimum absolute atomic E-state index is 0.0252. The summed E-state index contributed by atoms with van der Waals surface area (Å²) in [4.78, 5) is 0. The molecule has 0 aliphatic carbocycles. The quantitative estimate of drug-likeness (QED) is 0.582. The third-order valence-corrected chi connectivity index (χ3v) is 5.57. The van der Waals surface area contributed by atoms with E-state index in [4.69, 9.17) is 0 Å². The Bertz CT molecular complexity index is 138. The summed E-state index contributed by atoms with van der Waals surface area (Å²) in [5, 5.41) is 0. The van der Waals surface area contributed by atoms with Gasteiger partial charge in [0.15, 0.2) is 0 Å². The Morgan fingerprint density at radius 3 is 2.67 bits per heavy atom. The molecule has 1 rings (SSSR count). The molecule has 0 aromatic heterocycles. The average Bonchev–Trinajstić information content (AvgIpc) is 2.45. The highest BCUT2D eigenvalue weighted by Crippen LogP contribution is 2.10. The van der Waals surface area contributed by atoms with Crippen molar-refractivity contribution in [2.45, 2.75) is 26.7 Å². The minimum atomic E-state index is 0.0252. The van der Waals surface area contributed by atoms with Gasteiger partial charge in [-0.05, 0) is 19.9 Å². The Kier molecular flexibility index (Phi) is 3.74. The van der Waals surface area contributed by atoms with E-state index in [0.717, 1.165) is 0 Å². The van der Waals surface area contributed by atoms with E-state index in [1.165, 1.54) is 43.2 Å². The molecule has 1 unspecified atom stereocenters. The molecule has 1 aliphatic rings. The maximum Gasteiger partial charge on any atom is 0.338 e. The molecule has 3 heteroatoms. The van der Waals surface area contributed by atoms with Crippen molar-refractivity contribution < 1.29 is 4.15 Å². The molecule has 1 saturated heterocycles. The van der Waals surface area contributed by atoms with E-state index in [9.17, 15) is 0 Å². The maximum atomic E-state index is 2.74. The third-order valence-electron chi connectivity index (χ3n) is 3.09. The number of likely N-dealkylation sites (N-methyl/N-ethyl adjacent to an activating group) is 1. The first-order valence-corrected chi connectivity index (χ1v) is 6.52. The molecule has 0 radical (unpaired) electrons. The molecule has 0 amide bonds. The van der Waals surface area contributed by atoms with Crippen molar-refractivity contribution in [1.82, 2.24) is 4.57 Å². The lowest BCUT2D eigenvalue weighted by atomic mass is 10.3. The monoisotopic (exact) mass is 187 g/mol. The van der Waals surface area contributed by atoms with E-state index in [-0.39, 0.29) is 9.84 Å². The predicted molar refractivity (Wildman–Crippen MR) is 56.6 cm³/mol. The molecule has 0 spiro atoms. The van der Waals surface area contributed by atoms with Crippen LogP contribution >= 0.6 is 0 Å². The van der Waals surface area contributed by atoms with Crippen molar-refractivity contribution in [3.8, 4) is 0 Å². The van der Waals surface area contributed by atoms with E-state index >= 15 is 0 Å². The fourth-order valence-corrected chi connectivity index (χ4v) is 3.93. The lowest BCUT2D eigenvalue weighted by Gasteiger charge is -2.28. The predicted octanol–water partition coefficient (Wildman–Crippen LogP) is 0.567. The molecule has 1 heterocycles. The molecule has 0 bridgehead atoms. The lowest BCUT2D eigenvalue weighted by molar-refractivity contribution is -0.791. The Balaban J connectivity index is 2.25. The van der Waals surface area contributed by atoms with Crippen molar-refractivity contribution in [1.29, 1.82) is 0 Å². The molecule has 0 saturated carbocycles. The summed E-state index contributed by atoms with van der Waals surface area (Å²) in [6, 6.07) is 0. The summed E-state index contributed by atoms with van der Waals surface area (Å²) >= 11 is 0. The summed E-state index contributed by atoms with van der Waals surface area (Å²) in [5.41, 5.74) is 0. The highest BCUT2D eigenvalue weighted by molar-refractivity contribution is 6.23. The maximum absolute atomic E-state index is 2.74. The van der Waals surface area contributed by atoms with Gasteiger partial charge in [0, 0.05) is 6.54 Å². The largest absolute Gasteiger partial charge is 0.377 e. The number of quaternary nitrogens is 1. The standard InChI is InChI=1S/C9H23N2Si/c1-4-6-7-10-8-9-11(3,5-2)12-10/h4-9,12H2,1-3H3/q+1. The van der Waals surface area contributed by atoms with Crippen LogP contribution in [0.3, 0.4) is 0 Å². The second-order valence-electron chi connectivity index (χ2n) is 4.27. The topological polar surface area (TPSA) is 3.24 Å². The van der Waals surface area contributed by atoms with Gasteiger partial charge < -0.3 is 4.15 Å². The summed E-state index contributed by atoms with van der Waals surface area (Å²) in [6.45, 7) is 10.1. The Hall–Kier alpha value is 0.137. The number of hydrogen-bond donors (Lipinski definition) is 0. The van der Waals surface area contributed by atoms with Crippen LogP contribution in [0.15, 0.2) is 0 Å². The van der Waals surface area contributed by atoms with Gasteiger partial charge >= 0.3 is 9.84 Å². The molecule has 1 fully saturated rings. The SMILES string of the molecule is CCCCN1CC[N+](C)(CC)[SiH2]1. The van der Waals surface area contributed by atoms with Crippen LogP contribution in [-0.2, 0) is 0 Å². The van der Waals surface area contributed by atoms with E-state index in [1.807, 2.05) is 0 Å². The zero-order valence-electron chi connectivity index (χ0n) is 8.84. The van der Waals surface area contributed by atoms with E-state index in [1.54, 1.807) is 0 Å². The first-order chi connectivity index (χ1) is 5.70. The molecule has 2 nitrogen and oxygen atoms in total. The van der Waals surface area contributed by atoms with Crippen molar-refractivity contribution in [3.05, 3.63) is 0 Å². The van der Waals surface area contributed by atoms with Crippen molar-refractivity contribution in [2.24, 2.45) is 0 Å². The van der Waals surface area contributed by atoms with Crippen LogP contribution in [0.4, 0.5) is 0 Å². The van der Waals surface area contributed by atoms with Crippen LogP contribution < -0.4 is 0 Å². The number of rotatable bonds is 4. The van der Waals surface area contributed by atoms with Crippen LogP contribution in [0, 0.1) is 0 Å². The van der Waals surface area contributed by atoms with E-state index < -0.39 is 0 Å². The van der Waals surface area contributed by atoms with Gasteiger partial charge in [0.05, 0.1) is 20.1 Å². The fraction of sp³-hybridized carbons (Fsp3) is 1.00. The van der Waals surface area contributed by atoms with Crippen molar-refractivity contribution in [3.63, 3.8) is 0 Å². The fourth-order valence-electron chi connectivity index (χ4n) is 1.83. The second-order valence-corrected chi connectivity index (χ2v) is 6.98. The number of nitrogens with zero attached hydrogens (tertiary/aromatic N) is 2. The first-order valence-electron chi connectivity index (χ1n) is 5.26. The molecular formula is C9H23N2Si+. The Morgan fingerprint density at radius 2 is 2.17 bits per heavy atom. The molecule has 1 aliphatic heterocycles. The summed E-state index contributed by atoms with van der Waals surface area (Å²) in [6.07, 6.45) is 2.75. The van der Waals surface area contributed by atoms with Crippen LogP contribution in [0.1, 0.15) is 26.7 Å². The first kappa shape index (κ1) is 10.2. The van der Waals surface area contributed by atoms with Gasteiger partial charge in [0.1, 0.15) is 0 Å². The Morgan fingerprint density at radius 1 is 1.42 bits per heavy atom. The molecule has 0 aromatic carbocycles. The highest BCUT2D eigenvalue weighted by Gasteiger charge is 2.31. The van der Waals surface area contributed by atoms with Gasteiger partial charge in [-0.15, -0.1) is 0 Å². The summed E-state index contributed by atoms with van der Waals surface area (Å²) in [7, 11) is 2.45.